The fourth-order valence-corrected chi connectivity index (χ4v) is 3.25. The number of nitrogens with zero attached hydrogens (tertiary/aromatic N) is 2. The quantitative estimate of drug-likeness (QED) is 0.693. The molecule has 1 heterocycles. The predicted octanol–water partition coefficient (Wildman–Crippen LogP) is 1.82. The number of aryl methyl sites for hydroxylation is 1. The van der Waals surface area contributed by atoms with Crippen molar-refractivity contribution in [3.05, 3.63) is 29.8 Å². The van der Waals surface area contributed by atoms with Gasteiger partial charge in [0.25, 0.3) is 10.1 Å². The van der Waals surface area contributed by atoms with E-state index < -0.39 is 15.5 Å². The van der Waals surface area contributed by atoms with E-state index in [2.05, 4.69) is 4.90 Å². The number of piperazine rings is 1. The Labute approximate surface area is 156 Å². The molecule has 0 bridgehead atoms. The van der Waals surface area contributed by atoms with Crippen LogP contribution in [0.4, 0.5) is 0 Å². The Kier molecular flexibility index (Phi) is 6.79. The van der Waals surface area contributed by atoms with Gasteiger partial charge >= 0.3 is 5.97 Å². The molecule has 146 valence electrons. The van der Waals surface area contributed by atoms with Gasteiger partial charge in [-0.05, 0) is 39.8 Å². The Bertz CT molecular complexity index is 702. The molecule has 0 saturated carbocycles. The Morgan fingerprint density at radius 3 is 2.19 bits per heavy atom. The van der Waals surface area contributed by atoms with Gasteiger partial charge in [-0.15, -0.1) is 5.06 Å². The molecule has 2 rings (SSSR count). The number of hydrogen-bond donors (Lipinski definition) is 0. The highest BCUT2D eigenvalue weighted by Crippen LogP contribution is 2.17. The average Bonchev–Trinajstić information content (AvgIpc) is 2.56. The van der Waals surface area contributed by atoms with Gasteiger partial charge in [0.1, 0.15) is 0 Å². The highest BCUT2D eigenvalue weighted by Gasteiger charge is 2.28. The monoisotopic (exact) mass is 384 g/mol. The molecule has 0 spiro atoms. The van der Waals surface area contributed by atoms with E-state index in [1.807, 2.05) is 27.7 Å². The first-order valence-electron chi connectivity index (χ1n) is 8.74. The smallest absolute Gasteiger partial charge is 0.330 e. The van der Waals surface area contributed by atoms with Crippen LogP contribution in [0.1, 0.15) is 26.3 Å². The summed E-state index contributed by atoms with van der Waals surface area (Å²) >= 11 is 0. The SMILES string of the molecule is Cc1ccc(S(=O)(=O)OCCN2CCN(OC(=O)C(C)(C)C)CC2)cc1. The van der Waals surface area contributed by atoms with Crippen molar-refractivity contribution in [2.75, 3.05) is 39.3 Å². The molecule has 0 aliphatic carbocycles. The Morgan fingerprint density at radius 1 is 1.08 bits per heavy atom. The Hall–Kier alpha value is -1.48. The van der Waals surface area contributed by atoms with Gasteiger partial charge in [-0.1, -0.05) is 17.7 Å². The highest BCUT2D eigenvalue weighted by atomic mass is 32.2. The van der Waals surface area contributed by atoms with E-state index in [0.29, 0.717) is 32.7 Å². The molecule has 1 fully saturated rings. The number of rotatable bonds is 6. The summed E-state index contributed by atoms with van der Waals surface area (Å²) in [4.78, 5) is 19.5. The first-order valence-corrected chi connectivity index (χ1v) is 10.1. The van der Waals surface area contributed by atoms with Crippen molar-refractivity contribution >= 4 is 16.1 Å². The molecule has 8 heteroatoms. The Morgan fingerprint density at radius 2 is 1.65 bits per heavy atom. The van der Waals surface area contributed by atoms with Crippen LogP contribution in [0.2, 0.25) is 0 Å². The zero-order chi connectivity index (χ0) is 19.4. The third kappa shape index (κ3) is 6.05. The van der Waals surface area contributed by atoms with Crippen LogP contribution in [-0.2, 0) is 23.9 Å². The number of hydroxylamine groups is 2. The number of carbonyl (C=O) groups excluding carboxylic acids is 1. The highest BCUT2D eigenvalue weighted by molar-refractivity contribution is 7.86. The van der Waals surface area contributed by atoms with Gasteiger partial charge < -0.3 is 4.84 Å². The minimum Gasteiger partial charge on any atom is -0.367 e. The fraction of sp³-hybridized carbons (Fsp3) is 0.611. The van der Waals surface area contributed by atoms with Crippen LogP contribution in [0.25, 0.3) is 0 Å². The van der Waals surface area contributed by atoms with Crippen molar-refractivity contribution in [1.82, 2.24) is 9.96 Å². The fourth-order valence-electron chi connectivity index (χ4n) is 2.35. The lowest BCUT2D eigenvalue weighted by Crippen LogP contribution is -2.48. The van der Waals surface area contributed by atoms with Crippen molar-refractivity contribution in [2.24, 2.45) is 5.41 Å². The van der Waals surface area contributed by atoms with Gasteiger partial charge in [0.2, 0.25) is 0 Å². The summed E-state index contributed by atoms with van der Waals surface area (Å²) in [6.07, 6.45) is 0. The van der Waals surface area contributed by atoms with E-state index >= 15 is 0 Å². The number of hydrogen-bond acceptors (Lipinski definition) is 7. The summed E-state index contributed by atoms with van der Waals surface area (Å²) in [6.45, 7) is 10.5. The molecule has 0 aromatic heterocycles. The molecular weight excluding hydrogens is 356 g/mol. The molecule has 1 saturated heterocycles. The molecular formula is C18H28N2O5S. The maximum atomic E-state index is 12.1. The van der Waals surface area contributed by atoms with Gasteiger partial charge in [-0.2, -0.15) is 8.42 Å². The largest absolute Gasteiger partial charge is 0.367 e. The normalized spacial score (nSPS) is 17.2. The third-order valence-electron chi connectivity index (χ3n) is 4.11. The van der Waals surface area contributed by atoms with E-state index in [0.717, 1.165) is 5.56 Å². The standard InChI is InChI=1S/C18H28N2O5S/c1-15-5-7-16(8-6-15)26(22,23)24-14-13-19-9-11-20(12-10-19)25-17(21)18(2,3)4/h5-8H,9-14H2,1-4H3. The van der Waals surface area contributed by atoms with E-state index in [9.17, 15) is 13.2 Å². The summed E-state index contributed by atoms with van der Waals surface area (Å²) in [5.41, 5.74) is 0.462. The third-order valence-corrected chi connectivity index (χ3v) is 5.44. The summed E-state index contributed by atoms with van der Waals surface area (Å²) in [5, 5.41) is 1.66. The van der Waals surface area contributed by atoms with E-state index in [1.54, 1.807) is 29.3 Å². The number of carbonyl (C=O) groups is 1. The van der Waals surface area contributed by atoms with Crippen LogP contribution < -0.4 is 0 Å². The Balaban J connectivity index is 1.73. The summed E-state index contributed by atoms with van der Waals surface area (Å²) in [5.74, 6) is -0.251. The first kappa shape index (κ1) is 20.8. The second kappa shape index (κ2) is 8.47. The summed E-state index contributed by atoms with van der Waals surface area (Å²) in [7, 11) is -3.73. The summed E-state index contributed by atoms with van der Waals surface area (Å²) < 4.78 is 29.4. The van der Waals surface area contributed by atoms with Crippen LogP contribution in [0.3, 0.4) is 0 Å². The molecule has 7 nitrogen and oxygen atoms in total. The second-order valence-electron chi connectivity index (χ2n) is 7.49. The van der Waals surface area contributed by atoms with Crippen LogP contribution in [0.5, 0.6) is 0 Å². The molecule has 0 N–H and O–H groups in total. The molecule has 26 heavy (non-hydrogen) atoms. The van der Waals surface area contributed by atoms with Crippen molar-refractivity contribution in [2.45, 2.75) is 32.6 Å². The average molecular weight is 384 g/mol. The van der Waals surface area contributed by atoms with Crippen molar-refractivity contribution in [3.63, 3.8) is 0 Å². The maximum Gasteiger partial charge on any atom is 0.330 e. The van der Waals surface area contributed by atoms with Crippen LogP contribution in [0, 0.1) is 12.3 Å². The summed E-state index contributed by atoms with van der Waals surface area (Å²) in [6, 6.07) is 6.59. The van der Waals surface area contributed by atoms with Crippen molar-refractivity contribution < 1.29 is 22.2 Å². The van der Waals surface area contributed by atoms with Crippen LogP contribution in [-0.4, -0.2) is 63.7 Å². The van der Waals surface area contributed by atoms with Gasteiger partial charge in [-0.25, -0.2) is 4.79 Å². The zero-order valence-corrected chi connectivity index (χ0v) is 16.7. The van der Waals surface area contributed by atoms with E-state index in [1.165, 1.54) is 0 Å². The molecule has 1 aromatic rings. The topological polar surface area (TPSA) is 76.2 Å². The van der Waals surface area contributed by atoms with E-state index in [-0.39, 0.29) is 17.5 Å². The molecule has 0 unspecified atom stereocenters. The molecule has 1 aliphatic rings. The first-order chi connectivity index (χ1) is 12.1. The van der Waals surface area contributed by atoms with Crippen LogP contribution in [0.15, 0.2) is 29.2 Å². The lowest BCUT2D eigenvalue weighted by atomic mass is 9.98. The molecule has 0 atom stereocenters. The zero-order valence-electron chi connectivity index (χ0n) is 15.9. The molecule has 0 amide bonds. The van der Waals surface area contributed by atoms with Gasteiger partial charge in [0, 0.05) is 32.7 Å². The lowest BCUT2D eigenvalue weighted by molar-refractivity contribution is -0.207. The number of benzene rings is 1. The van der Waals surface area contributed by atoms with E-state index in [4.69, 9.17) is 9.02 Å². The van der Waals surface area contributed by atoms with Crippen molar-refractivity contribution in [3.8, 4) is 0 Å². The lowest BCUT2D eigenvalue weighted by Gasteiger charge is -2.34. The second-order valence-corrected chi connectivity index (χ2v) is 9.10. The molecule has 1 aromatic carbocycles. The van der Waals surface area contributed by atoms with Crippen LogP contribution >= 0.6 is 0 Å². The maximum absolute atomic E-state index is 12.1. The molecule has 1 aliphatic heterocycles. The molecule has 0 radical (unpaired) electrons. The minimum atomic E-state index is -3.73. The predicted molar refractivity (Wildman–Crippen MR) is 97.9 cm³/mol. The minimum absolute atomic E-state index is 0.0952. The van der Waals surface area contributed by atoms with Gasteiger partial charge in [0.15, 0.2) is 0 Å². The van der Waals surface area contributed by atoms with Crippen molar-refractivity contribution in [1.29, 1.82) is 0 Å². The van der Waals surface area contributed by atoms with Gasteiger partial charge in [-0.3, -0.25) is 9.08 Å². The van der Waals surface area contributed by atoms with Gasteiger partial charge in [0.05, 0.1) is 16.9 Å².